The molecule has 2 unspecified atom stereocenters. The molecule has 0 bridgehead atoms. The zero-order valence-corrected chi connectivity index (χ0v) is 8.69. The van der Waals surface area contributed by atoms with Gasteiger partial charge in [-0.05, 0) is 25.2 Å². The Morgan fingerprint density at radius 3 is 2.17 bits per heavy atom. The molecule has 0 saturated heterocycles. The Morgan fingerprint density at radius 2 is 1.83 bits per heavy atom. The second-order valence-corrected chi connectivity index (χ2v) is 3.47. The van der Waals surface area contributed by atoms with Gasteiger partial charge in [-0.25, -0.2) is 0 Å². The summed E-state index contributed by atoms with van der Waals surface area (Å²) < 4.78 is 0. The van der Waals surface area contributed by atoms with Crippen LogP contribution in [0.15, 0.2) is 0 Å². The molecule has 69 valence electrons. The van der Waals surface area contributed by atoms with Gasteiger partial charge in [0.05, 0.1) is 0 Å². The lowest BCUT2D eigenvalue weighted by Crippen LogP contribution is -2.11. The average molecular weight is 165 g/mol. The molecule has 0 aromatic rings. The van der Waals surface area contributed by atoms with Crippen molar-refractivity contribution in [2.45, 2.75) is 52.9 Å². The van der Waals surface area contributed by atoms with Crippen molar-refractivity contribution in [1.82, 2.24) is 0 Å². The van der Waals surface area contributed by atoms with Crippen LogP contribution in [0.5, 0.6) is 0 Å². The third-order valence-electron chi connectivity index (χ3n) is 2.65. The molecular formula is C12H21. The van der Waals surface area contributed by atoms with Gasteiger partial charge < -0.3 is 0 Å². The summed E-state index contributed by atoms with van der Waals surface area (Å²) in [6, 6.07) is 0. The number of rotatable bonds is 6. The largest absolute Gasteiger partial charge is 0.0854 e. The average Bonchev–Trinajstić information content (AvgIpc) is 2.12. The number of unbranched alkanes of at least 4 members (excludes halogenated alkanes) is 1. The molecule has 0 aliphatic heterocycles. The van der Waals surface area contributed by atoms with Crippen molar-refractivity contribution in [1.29, 1.82) is 0 Å². The Morgan fingerprint density at radius 1 is 1.17 bits per heavy atom. The molecule has 0 heterocycles. The topological polar surface area (TPSA) is 0 Å². The van der Waals surface area contributed by atoms with Gasteiger partial charge in [0.2, 0.25) is 0 Å². The second kappa shape index (κ2) is 7.22. The molecule has 0 nitrogen and oxygen atoms in total. The fourth-order valence-corrected chi connectivity index (χ4v) is 1.71. The molecule has 0 heteroatoms. The van der Waals surface area contributed by atoms with Gasteiger partial charge in [-0.15, -0.1) is 0 Å². The minimum atomic E-state index is 0.404. The van der Waals surface area contributed by atoms with Crippen LogP contribution < -0.4 is 0 Å². The Hall–Kier alpha value is -0.440. The highest BCUT2D eigenvalue weighted by atomic mass is 14.2. The maximum absolute atomic E-state index is 7.18. The Bertz CT molecular complexity index is 129. The molecule has 12 heavy (non-hydrogen) atoms. The van der Waals surface area contributed by atoms with E-state index < -0.39 is 0 Å². The third kappa shape index (κ3) is 3.81. The molecule has 0 saturated carbocycles. The maximum Gasteiger partial charge on any atom is 0.0238 e. The van der Waals surface area contributed by atoms with Gasteiger partial charge in [0.15, 0.2) is 0 Å². The van der Waals surface area contributed by atoms with Crippen molar-refractivity contribution in [2.75, 3.05) is 0 Å². The molecular weight excluding hydrogens is 144 g/mol. The lowest BCUT2D eigenvalue weighted by Gasteiger charge is -2.19. The van der Waals surface area contributed by atoms with E-state index in [-0.39, 0.29) is 0 Å². The van der Waals surface area contributed by atoms with Gasteiger partial charge in [-0.1, -0.05) is 46.0 Å². The van der Waals surface area contributed by atoms with E-state index in [1.165, 1.54) is 25.7 Å². The highest BCUT2D eigenvalue weighted by molar-refractivity contribution is 4.90. The van der Waals surface area contributed by atoms with Crippen molar-refractivity contribution in [3.63, 3.8) is 0 Å². The lowest BCUT2D eigenvalue weighted by atomic mass is 9.85. The van der Waals surface area contributed by atoms with E-state index in [2.05, 4.69) is 26.7 Å². The van der Waals surface area contributed by atoms with Crippen molar-refractivity contribution in [3.8, 4) is 5.92 Å². The summed E-state index contributed by atoms with van der Waals surface area (Å²) in [5.41, 5.74) is 0. The normalized spacial score (nSPS) is 15.2. The standard InChI is InChI=1S/C12H21/c1-5-9-10-12(8-4)11(6-2)7-3/h11-12H,5-6,8-10H2,1-2,4H3. The molecule has 0 aliphatic carbocycles. The molecule has 0 N–H and O–H groups in total. The lowest BCUT2D eigenvalue weighted by molar-refractivity contribution is 0.350. The molecule has 0 fully saturated rings. The van der Waals surface area contributed by atoms with Gasteiger partial charge in [0.25, 0.3) is 0 Å². The second-order valence-electron chi connectivity index (χ2n) is 3.47. The maximum atomic E-state index is 7.18. The Labute approximate surface area is 77.8 Å². The van der Waals surface area contributed by atoms with E-state index in [9.17, 15) is 0 Å². The van der Waals surface area contributed by atoms with Crippen LogP contribution in [0, 0.1) is 24.2 Å². The van der Waals surface area contributed by atoms with E-state index in [1.54, 1.807) is 0 Å². The minimum absolute atomic E-state index is 0.404. The van der Waals surface area contributed by atoms with Crippen molar-refractivity contribution in [2.24, 2.45) is 11.8 Å². The summed E-state index contributed by atoms with van der Waals surface area (Å²) in [5.74, 6) is 3.77. The van der Waals surface area contributed by atoms with Crippen molar-refractivity contribution >= 4 is 0 Å². The van der Waals surface area contributed by atoms with Gasteiger partial charge in [0, 0.05) is 5.92 Å². The first kappa shape index (κ1) is 11.6. The van der Waals surface area contributed by atoms with Crippen LogP contribution >= 0.6 is 0 Å². The van der Waals surface area contributed by atoms with Gasteiger partial charge >= 0.3 is 0 Å². The van der Waals surface area contributed by atoms with Crippen LogP contribution in [-0.4, -0.2) is 0 Å². The first-order valence-corrected chi connectivity index (χ1v) is 5.22. The van der Waals surface area contributed by atoms with Crippen molar-refractivity contribution < 1.29 is 0 Å². The molecule has 0 spiro atoms. The minimum Gasteiger partial charge on any atom is -0.0854 e. The molecule has 0 aliphatic rings. The van der Waals surface area contributed by atoms with E-state index in [4.69, 9.17) is 6.42 Å². The Balaban J connectivity index is 3.86. The van der Waals surface area contributed by atoms with Crippen molar-refractivity contribution in [3.05, 3.63) is 6.42 Å². The third-order valence-corrected chi connectivity index (χ3v) is 2.65. The van der Waals surface area contributed by atoms with Gasteiger partial charge in [-0.3, -0.25) is 0 Å². The first-order valence-electron chi connectivity index (χ1n) is 5.22. The molecule has 0 aromatic heterocycles. The number of hydrogen-bond acceptors (Lipinski definition) is 0. The monoisotopic (exact) mass is 165 g/mol. The summed E-state index contributed by atoms with van der Waals surface area (Å²) in [5, 5.41) is 0. The van der Waals surface area contributed by atoms with Crippen LogP contribution in [0.2, 0.25) is 0 Å². The van der Waals surface area contributed by atoms with Crippen LogP contribution in [0.25, 0.3) is 0 Å². The highest BCUT2D eigenvalue weighted by Gasteiger charge is 2.14. The van der Waals surface area contributed by atoms with Crippen LogP contribution in [0.3, 0.4) is 0 Å². The highest BCUT2D eigenvalue weighted by Crippen LogP contribution is 2.23. The summed E-state index contributed by atoms with van der Waals surface area (Å²) in [6.45, 7) is 6.60. The summed E-state index contributed by atoms with van der Waals surface area (Å²) >= 11 is 0. The zero-order chi connectivity index (χ0) is 9.40. The van der Waals surface area contributed by atoms with E-state index >= 15 is 0 Å². The quantitative estimate of drug-likeness (QED) is 0.525. The molecule has 0 aromatic carbocycles. The number of hydrogen-bond donors (Lipinski definition) is 0. The predicted molar refractivity (Wildman–Crippen MR) is 54.2 cm³/mol. The summed E-state index contributed by atoms with van der Waals surface area (Å²) in [4.78, 5) is 0. The summed E-state index contributed by atoms with van der Waals surface area (Å²) in [6.07, 6.45) is 13.3. The van der Waals surface area contributed by atoms with Crippen LogP contribution in [0.4, 0.5) is 0 Å². The fourth-order valence-electron chi connectivity index (χ4n) is 1.71. The zero-order valence-electron chi connectivity index (χ0n) is 8.69. The van der Waals surface area contributed by atoms with Crippen LogP contribution in [-0.2, 0) is 0 Å². The molecule has 0 amide bonds. The molecule has 1 radical (unpaired) electrons. The van der Waals surface area contributed by atoms with Crippen LogP contribution in [0.1, 0.15) is 52.9 Å². The predicted octanol–water partition coefficient (Wildman–Crippen LogP) is 3.82. The molecule has 0 rings (SSSR count). The fraction of sp³-hybridized carbons (Fsp3) is 0.833. The molecule has 2 atom stereocenters. The van der Waals surface area contributed by atoms with E-state index in [0.717, 1.165) is 6.42 Å². The SMILES string of the molecule is [C]#CC(CC)C(CC)CCCC. The van der Waals surface area contributed by atoms with Gasteiger partial charge in [0.1, 0.15) is 0 Å². The van der Waals surface area contributed by atoms with Gasteiger partial charge in [-0.2, -0.15) is 0 Å². The summed E-state index contributed by atoms with van der Waals surface area (Å²) in [7, 11) is 0. The first-order chi connectivity index (χ1) is 5.79. The smallest absolute Gasteiger partial charge is 0.0238 e. The van der Waals surface area contributed by atoms with E-state index in [0.29, 0.717) is 11.8 Å². The van der Waals surface area contributed by atoms with E-state index in [1.807, 2.05) is 0 Å². The Kier molecular flexibility index (Phi) is 6.96.